The van der Waals surface area contributed by atoms with Gasteiger partial charge in [-0.1, -0.05) is 24.3 Å². The van der Waals surface area contributed by atoms with Crippen LogP contribution < -0.4 is 10.9 Å². The maximum absolute atomic E-state index is 13.7. The van der Waals surface area contributed by atoms with E-state index in [2.05, 4.69) is 5.32 Å². The Hall–Kier alpha value is -3.35. The third kappa shape index (κ3) is 3.76. The number of hydrogen-bond acceptors (Lipinski definition) is 2. The number of halogens is 3. The molecule has 1 N–H and O–H groups in total. The first-order chi connectivity index (χ1) is 12.9. The van der Waals surface area contributed by atoms with E-state index in [0.29, 0.717) is 6.07 Å². The van der Waals surface area contributed by atoms with Gasteiger partial charge in [-0.3, -0.25) is 9.59 Å². The first-order valence-corrected chi connectivity index (χ1v) is 8.07. The molecule has 0 fully saturated rings. The summed E-state index contributed by atoms with van der Waals surface area (Å²) in [7, 11) is 0. The summed E-state index contributed by atoms with van der Waals surface area (Å²) in [5.41, 5.74) is 0.524. The SMILES string of the molecule is Cc1ccccc1Cn1cccc(C(=O)Nc2ccc(F)c(F)c2F)c1=O. The molecule has 3 aromatic rings. The second kappa shape index (κ2) is 7.49. The Morgan fingerprint density at radius 3 is 2.48 bits per heavy atom. The number of nitrogens with zero attached hydrogens (tertiary/aromatic N) is 1. The molecule has 27 heavy (non-hydrogen) atoms. The largest absolute Gasteiger partial charge is 0.319 e. The van der Waals surface area contributed by atoms with Gasteiger partial charge in [0.2, 0.25) is 0 Å². The number of hydrogen-bond donors (Lipinski definition) is 1. The van der Waals surface area contributed by atoms with Gasteiger partial charge in [0.25, 0.3) is 11.5 Å². The lowest BCUT2D eigenvalue weighted by molar-refractivity contribution is 0.102. The van der Waals surface area contributed by atoms with Gasteiger partial charge in [-0.2, -0.15) is 0 Å². The number of aryl methyl sites for hydroxylation is 1. The fraction of sp³-hybridized carbons (Fsp3) is 0.100. The first kappa shape index (κ1) is 18.4. The molecular formula is C20H15F3N2O2. The molecule has 7 heteroatoms. The van der Waals surface area contributed by atoms with Crippen LogP contribution in [0.1, 0.15) is 21.5 Å². The Morgan fingerprint density at radius 2 is 1.74 bits per heavy atom. The van der Waals surface area contributed by atoms with E-state index in [0.717, 1.165) is 17.2 Å². The van der Waals surface area contributed by atoms with Crippen molar-refractivity contribution in [3.05, 3.63) is 99.2 Å². The first-order valence-electron chi connectivity index (χ1n) is 8.07. The minimum Gasteiger partial charge on any atom is -0.319 e. The Kier molecular flexibility index (Phi) is 5.12. The van der Waals surface area contributed by atoms with Crippen LogP contribution in [0.5, 0.6) is 0 Å². The van der Waals surface area contributed by atoms with Crippen LogP contribution in [0, 0.1) is 24.4 Å². The fourth-order valence-electron chi connectivity index (χ4n) is 2.62. The zero-order valence-corrected chi connectivity index (χ0v) is 14.3. The highest BCUT2D eigenvalue weighted by Gasteiger charge is 2.18. The number of aromatic nitrogens is 1. The van der Waals surface area contributed by atoms with Gasteiger partial charge in [-0.15, -0.1) is 0 Å². The van der Waals surface area contributed by atoms with E-state index in [1.165, 1.54) is 22.9 Å². The molecule has 0 bridgehead atoms. The van der Waals surface area contributed by atoms with Crippen molar-refractivity contribution >= 4 is 11.6 Å². The normalized spacial score (nSPS) is 10.7. The van der Waals surface area contributed by atoms with Gasteiger partial charge in [-0.05, 0) is 42.3 Å². The summed E-state index contributed by atoms with van der Waals surface area (Å²) in [6, 6.07) is 11.9. The van der Waals surface area contributed by atoms with Crippen LogP contribution in [0.2, 0.25) is 0 Å². The summed E-state index contributed by atoms with van der Waals surface area (Å²) < 4.78 is 41.4. The van der Waals surface area contributed by atoms with Crippen LogP contribution in [0.4, 0.5) is 18.9 Å². The molecule has 0 unspecified atom stereocenters. The number of carbonyl (C=O) groups is 1. The topological polar surface area (TPSA) is 51.1 Å². The van der Waals surface area contributed by atoms with E-state index < -0.39 is 34.6 Å². The van der Waals surface area contributed by atoms with Gasteiger partial charge in [0.05, 0.1) is 12.2 Å². The summed E-state index contributed by atoms with van der Waals surface area (Å²) in [6.45, 7) is 2.16. The fourth-order valence-corrected chi connectivity index (χ4v) is 2.62. The third-order valence-electron chi connectivity index (χ3n) is 4.15. The number of benzene rings is 2. The van der Waals surface area contributed by atoms with Crippen molar-refractivity contribution in [2.75, 3.05) is 5.32 Å². The zero-order chi connectivity index (χ0) is 19.6. The highest BCUT2D eigenvalue weighted by Crippen LogP contribution is 2.20. The Labute approximate surface area is 152 Å². The molecule has 0 aliphatic heterocycles. The van der Waals surface area contributed by atoms with Crippen molar-refractivity contribution in [1.29, 1.82) is 0 Å². The molecule has 1 aromatic heterocycles. The molecule has 0 saturated heterocycles. The van der Waals surface area contributed by atoms with Crippen molar-refractivity contribution in [1.82, 2.24) is 4.57 Å². The molecule has 0 atom stereocenters. The van der Waals surface area contributed by atoms with Crippen LogP contribution in [0.3, 0.4) is 0 Å². The molecule has 0 spiro atoms. The van der Waals surface area contributed by atoms with Crippen molar-refractivity contribution in [3.8, 4) is 0 Å². The summed E-state index contributed by atoms with van der Waals surface area (Å²) in [5, 5.41) is 2.10. The van der Waals surface area contributed by atoms with Gasteiger partial charge in [0, 0.05) is 6.20 Å². The maximum Gasteiger partial charge on any atom is 0.263 e. The summed E-state index contributed by atoms with van der Waals surface area (Å²) >= 11 is 0. The molecule has 4 nitrogen and oxygen atoms in total. The number of carbonyl (C=O) groups excluding carboxylic acids is 1. The molecule has 0 radical (unpaired) electrons. The third-order valence-corrected chi connectivity index (χ3v) is 4.15. The van der Waals surface area contributed by atoms with Gasteiger partial charge in [-0.25, -0.2) is 13.2 Å². The Bertz CT molecular complexity index is 1080. The van der Waals surface area contributed by atoms with E-state index in [1.54, 1.807) is 0 Å². The van der Waals surface area contributed by atoms with E-state index in [4.69, 9.17) is 0 Å². The predicted molar refractivity (Wildman–Crippen MR) is 95.3 cm³/mol. The molecule has 3 rings (SSSR count). The second-order valence-corrected chi connectivity index (χ2v) is 5.96. The molecule has 2 aromatic carbocycles. The van der Waals surface area contributed by atoms with Gasteiger partial charge < -0.3 is 9.88 Å². The van der Waals surface area contributed by atoms with Crippen LogP contribution in [-0.4, -0.2) is 10.5 Å². The smallest absolute Gasteiger partial charge is 0.263 e. The number of rotatable bonds is 4. The number of nitrogens with one attached hydrogen (secondary N) is 1. The summed E-state index contributed by atoms with van der Waals surface area (Å²) in [4.78, 5) is 24.9. The standard InChI is InChI=1S/C20H15F3N2O2/c1-12-5-2-3-6-13(12)11-25-10-4-7-14(20(25)27)19(26)24-16-9-8-15(21)17(22)18(16)23/h2-10H,11H2,1H3,(H,24,26). The van der Waals surface area contributed by atoms with E-state index in [1.807, 2.05) is 31.2 Å². The minimum absolute atomic E-state index is 0.241. The number of anilines is 1. The van der Waals surface area contributed by atoms with Gasteiger partial charge >= 0.3 is 0 Å². The lowest BCUT2D eigenvalue weighted by Crippen LogP contribution is -2.29. The van der Waals surface area contributed by atoms with E-state index >= 15 is 0 Å². The van der Waals surface area contributed by atoms with Crippen LogP contribution >= 0.6 is 0 Å². The molecule has 0 aliphatic rings. The molecule has 0 saturated carbocycles. The summed E-state index contributed by atoms with van der Waals surface area (Å²) in [6.07, 6.45) is 1.53. The van der Waals surface area contributed by atoms with Crippen LogP contribution in [0.25, 0.3) is 0 Å². The highest BCUT2D eigenvalue weighted by atomic mass is 19.2. The Balaban J connectivity index is 1.89. The average Bonchev–Trinajstić information content (AvgIpc) is 2.65. The lowest BCUT2D eigenvalue weighted by Gasteiger charge is -2.11. The molecule has 138 valence electrons. The second-order valence-electron chi connectivity index (χ2n) is 5.96. The quantitative estimate of drug-likeness (QED) is 0.707. The predicted octanol–water partition coefficient (Wildman–Crippen LogP) is 3.87. The monoisotopic (exact) mass is 372 g/mol. The van der Waals surface area contributed by atoms with Crippen molar-refractivity contribution in [3.63, 3.8) is 0 Å². The van der Waals surface area contributed by atoms with Gasteiger partial charge in [0.1, 0.15) is 5.56 Å². The zero-order valence-electron chi connectivity index (χ0n) is 14.3. The summed E-state index contributed by atoms with van der Waals surface area (Å²) in [5.74, 6) is -5.51. The highest BCUT2D eigenvalue weighted by molar-refractivity contribution is 6.04. The van der Waals surface area contributed by atoms with Crippen molar-refractivity contribution < 1.29 is 18.0 Å². The lowest BCUT2D eigenvalue weighted by atomic mass is 10.1. The molecule has 1 amide bonds. The number of amides is 1. The molecular weight excluding hydrogens is 357 g/mol. The van der Waals surface area contributed by atoms with E-state index in [-0.39, 0.29) is 12.1 Å². The number of pyridine rings is 1. The maximum atomic E-state index is 13.7. The molecule has 0 aliphatic carbocycles. The Morgan fingerprint density at radius 1 is 1.00 bits per heavy atom. The average molecular weight is 372 g/mol. The van der Waals surface area contributed by atoms with Crippen LogP contribution in [0.15, 0.2) is 59.5 Å². The minimum atomic E-state index is -1.70. The van der Waals surface area contributed by atoms with E-state index in [9.17, 15) is 22.8 Å². The van der Waals surface area contributed by atoms with Crippen molar-refractivity contribution in [2.24, 2.45) is 0 Å². The van der Waals surface area contributed by atoms with Crippen LogP contribution in [-0.2, 0) is 6.54 Å². The molecule has 1 heterocycles. The van der Waals surface area contributed by atoms with Crippen molar-refractivity contribution in [2.45, 2.75) is 13.5 Å². The van der Waals surface area contributed by atoms with Gasteiger partial charge in [0.15, 0.2) is 17.5 Å².